The lowest BCUT2D eigenvalue weighted by atomic mass is 9.91. The number of methoxy groups -OCH3 is 1. The number of carbonyl (C=O) groups excluding carboxylic acids is 1. The lowest BCUT2D eigenvalue weighted by Gasteiger charge is -2.39. The van der Waals surface area contributed by atoms with E-state index in [1.54, 1.807) is 24.1 Å². The number of hydrogen-bond donors (Lipinski definition) is 1. The van der Waals surface area contributed by atoms with E-state index in [-0.39, 0.29) is 11.7 Å². The van der Waals surface area contributed by atoms with Crippen LogP contribution in [0, 0.1) is 0 Å². The monoisotopic (exact) mass is 472 g/mol. The number of sulfone groups is 1. The Morgan fingerprint density at radius 2 is 1.94 bits per heavy atom. The maximum absolute atomic E-state index is 13.8. The second-order valence-corrected chi connectivity index (χ2v) is 11.3. The SMILES string of the molecule is CCOc1cc(C(C)(CS(C)(=O)=O)N2Cc3cccc(CNC4CC4)c3C2=O)ccc1OC. The number of fused-ring (bicyclic) bond motifs is 1. The molecule has 1 unspecified atom stereocenters. The summed E-state index contributed by atoms with van der Waals surface area (Å²) in [6.07, 6.45) is 3.54. The second kappa shape index (κ2) is 8.99. The Labute approximate surface area is 196 Å². The summed E-state index contributed by atoms with van der Waals surface area (Å²) in [6, 6.07) is 11.8. The van der Waals surface area contributed by atoms with Gasteiger partial charge in [-0.15, -0.1) is 0 Å². The largest absolute Gasteiger partial charge is 0.493 e. The Hall–Kier alpha value is -2.58. The minimum absolute atomic E-state index is 0.141. The van der Waals surface area contributed by atoms with Crippen LogP contribution in [0.25, 0.3) is 0 Å². The van der Waals surface area contributed by atoms with Crippen molar-refractivity contribution >= 4 is 15.7 Å². The molecule has 2 aromatic rings. The highest BCUT2D eigenvalue weighted by Crippen LogP contribution is 2.41. The van der Waals surface area contributed by atoms with Crippen molar-refractivity contribution in [1.82, 2.24) is 10.2 Å². The van der Waals surface area contributed by atoms with E-state index in [2.05, 4.69) is 5.32 Å². The van der Waals surface area contributed by atoms with Gasteiger partial charge in [-0.2, -0.15) is 0 Å². The molecule has 1 aliphatic heterocycles. The number of ether oxygens (including phenoxy) is 2. The van der Waals surface area contributed by atoms with Crippen LogP contribution in [0.4, 0.5) is 0 Å². The molecule has 1 fully saturated rings. The lowest BCUT2D eigenvalue weighted by Crippen LogP contribution is -2.48. The Bertz CT molecular complexity index is 1160. The molecule has 1 aliphatic carbocycles. The first kappa shape index (κ1) is 23.6. The topological polar surface area (TPSA) is 84.9 Å². The molecule has 4 rings (SSSR count). The molecular weight excluding hydrogens is 440 g/mol. The van der Waals surface area contributed by atoms with Crippen molar-refractivity contribution in [1.29, 1.82) is 0 Å². The number of rotatable bonds is 10. The quantitative estimate of drug-likeness (QED) is 0.571. The number of carbonyl (C=O) groups is 1. The molecule has 1 heterocycles. The fourth-order valence-electron chi connectivity index (χ4n) is 4.63. The lowest BCUT2D eigenvalue weighted by molar-refractivity contribution is 0.0573. The van der Waals surface area contributed by atoms with Crippen molar-refractivity contribution in [3.05, 3.63) is 58.7 Å². The van der Waals surface area contributed by atoms with Gasteiger partial charge in [0.2, 0.25) is 0 Å². The maximum Gasteiger partial charge on any atom is 0.255 e. The molecule has 1 amide bonds. The molecule has 2 aliphatic rings. The van der Waals surface area contributed by atoms with Gasteiger partial charge >= 0.3 is 0 Å². The minimum atomic E-state index is -3.42. The van der Waals surface area contributed by atoms with Gasteiger partial charge in [-0.3, -0.25) is 4.79 Å². The van der Waals surface area contributed by atoms with Crippen LogP contribution in [0.2, 0.25) is 0 Å². The van der Waals surface area contributed by atoms with E-state index in [0.29, 0.717) is 48.4 Å². The van der Waals surface area contributed by atoms with Crippen molar-refractivity contribution in [2.24, 2.45) is 0 Å². The minimum Gasteiger partial charge on any atom is -0.493 e. The van der Waals surface area contributed by atoms with Crippen molar-refractivity contribution in [2.75, 3.05) is 25.7 Å². The zero-order valence-electron chi connectivity index (χ0n) is 19.7. The molecule has 178 valence electrons. The van der Waals surface area contributed by atoms with Crippen LogP contribution in [0.3, 0.4) is 0 Å². The summed E-state index contributed by atoms with van der Waals surface area (Å²) in [7, 11) is -1.86. The highest BCUT2D eigenvalue weighted by molar-refractivity contribution is 7.90. The molecule has 0 aromatic heterocycles. The number of hydrogen-bond acceptors (Lipinski definition) is 6. The zero-order chi connectivity index (χ0) is 23.8. The Balaban J connectivity index is 1.75. The van der Waals surface area contributed by atoms with Gasteiger partial charge in [0.05, 0.1) is 25.0 Å². The van der Waals surface area contributed by atoms with Crippen LogP contribution in [-0.4, -0.2) is 51.0 Å². The molecule has 1 atom stereocenters. The summed E-state index contributed by atoms with van der Waals surface area (Å²) in [4.78, 5) is 15.5. The third-order valence-corrected chi connectivity index (χ3v) is 7.49. The summed E-state index contributed by atoms with van der Waals surface area (Å²) in [5, 5.41) is 3.48. The van der Waals surface area contributed by atoms with E-state index in [1.807, 2.05) is 38.1 Å². The molecule has 0 spiro atoms. The Kier molecular flexibility index (Phi) is 6.42. The molecule has 1 N–H and O–H groups in total. The number of nitrogens with one attached hydrogen (secondary N) is 1. The van der Waals surface area contributed by atoms with Crippen LogP contribution < -0.4 is 14.8 Å². The first-order valence-electron chi connectivity index (χ1n) is 11.3. The van der Waals surface area contributed by atoms with E-state index >= 15 is 0 Å². The van der Waals surface area contributed by atoms with Gasteiger partial charge in [0, 0.05) is 31.0 Å². The normalized spacial score (nSPS) is 17.6. The summed E-state index contributed by atoms with van der Waals surface area (Å²) in [5.41, 5.74) is 2.18. The Morgan fingerprint density at radius 3 is 2.58 bits per heavy atom. The van der Waals surface area contributed by atoms with Crippen molar-refractivity contribution in [3.8, 4) is 11.5 Å². The molecule has 0 saturated heterocycles. The van der Waals surface area contributed by atoms with Crippen LogP contribution in [0.5, 0.6) is 11.5 Å². The van der Waals surface area contributed by atoms with Gasteiger partial charge in [-0.05, 0) is 55.5 Å². The second-order valence-electron chi connectivity index (χ2n) is 9.14. The van der Waals surface area contributed by atoms with E-state index in [1.165, 1.54) is 19.1 Å². The molecule has 7 nitrogen and oxygen atoms in total. The fourth-order valence-corrected chi connectivity index (χ4v) is 5.98. The summed E-state index contributed by atoms with van der Waals surface area (Å²) in [5.74, 6) is 0.744. The van der Waals surface area contributed by atoms with E-state index < -0.39 is 15.4 Å². The van der Waals surface area contributed by atoms with Gasteiger partial charge in [0.1, 0.15) is 9.84 Å². The van der Waals surface area contributed by atoms with Crippen molar-refractivity contribution < 1.29 is 22.7 Å². The van der Waals surface area contributed by atoms with Gasteiger partial charge in [-0.25, -0.2) is 8.42 Å². The van der Waals surface area contributed by atoms with E-state index in [4.69, 9.17) is 9.47 Å². The third-order valence-electron chi connectivity index (χ3n) is 6.41. The average Bonchev–Trinajstić information content (AvgIpc) is 3.53. The highest BCUT2D eigenvalue weighted by atomic mass is 32.2. The van der Waals surface area contributed by atoms with Gasteiger partial charge < -0.3 is 19.7 Å². The van der Waals surface area contributed by atoms with Crippen LogP contribution in [0.15, 0.2) is 36.4 Å². The van der Waals surface area contributed by atoms with E-state index in [0.717, 1.165) is 11.1 Å². The molecule has 0 bridgehead atoms. The molecular formula is C25H32N2O5S. The molecule has 0 radical (unpaired) electrons. The van der Waals surface area contributed by atoms with Gasteiger partial charge in [0.25, 0.3) is 5.91 Å². The smallest absolute Gasteiger partial charge is 0.255 e. The molecule has 2 aromatic carbocycles. The van der Waals surface area contributed by atoms with E-state index in [9.17, 15) is 13.2 Å². The van der Waals surface area contributed by atoms with Crippen LogP contribution >= 0.6 is 0 Å². The first-order chi connectivity index (χ1) is 15.7. The predicted octanol–water partition coefficient (Wildman–Crippen LogP) is 3.26. The third kappa shape index (κ3) is 4.87. The number of nitrogens with zero attached hydrogens (tertiary/aromatic N) is 1. The van der Waals surface area contributed by atoms with Crippen LogP contribution in [0.1, 0.15) is 53.7 Å². The number of benzene rings is 2. The summed E-state index contributed by atoms with van der Waals surface area (Å²) >= 11 is 0. The molecule has 1 saturated carbocycles. The standard InChI is InChI=1S/C25H32N2O5S/c1-5-32-22-13-19(9-12-21(22)31-3)25(2,16-33(4,29)30)27-15-18-8-6-7-17(23(18)24(27)28)14-26-20-10-11-20/h6-9,12-13,20,26H,5,10-11,14-16H2,1-4H3. The summed E-state index contributed by atoms with van der Waals surface area (Å²) in [6.45, 7) is 5.12. The van der Waals surface area contributed by atoms with Crippen LogP contribution in [-0.2, 0) is 28.5 Å². The predicted molar refractivity (Wildman–Crippen MR) is 127 cm³/mol. The van der Waals surface area contributed by atoms with Crippen molar-refractivity contribution in [3.63, 3.8) is 0 Å². The molecule has 33 heavy (non-hydrogen) atoms. The number of amides is 1. The van der Waals surface area contributed by atoms with Gasteiger partial charge in [0.15, 0.2) is 11.5 Å². The van der Waals surface area contributed by atoms with Crippen molar-refractivity contribution in [2.45, 2.75) is 51.4 Å². The molecule has 8 heteroatoms. The zero-order valence-corrected chi connectivity index (χ0v) is 20.5. The Morgan fingerprint density at radius 1 is 1.18 bits per heavy atom. The first-order valence-corrected chi connectivity index (χ1v) is 13.4. The summed E-state index contributed by atoms with van der Waals surface area (Å²) < 4.78 is 36.2. The maximum atomic E-state index is 13.8. The van der Waals surface area contributed by atoms with Gasteiger partial charge in [-0.1, -0.05) is 24.3 Å². The fraction of sp³-hybridized carbons (Fsp3) is 0.480. The average molecular weight is 473 g/mol. The highest BCUT2D eigenvalue weighted by Gasteiger charge is 2.45.